The lowest BCUT2D eigenvalue weighted by Gasteiger charge is -2.38. The Morgan fingerprint density at radius 2 is 1.48 bits per heavy atom. The van der Waals surface area contributed by atoms with Gasteiger partial charge in [-0.25, -0.2) is 0 Å². The molecule has 1 N–H and O–H groups in total. The smallest absolute Gasteiger partial charge is 0.300 e. The molecule has 1 aromatic carbocycles. The van der Waals surface area contributed by atoms with Gasteiger partial charge in [-0.1, -0.05) is 18.2 Å². The van der Waals surface area contributed by atoms with Crippen LogP contribution in [-0.2, 0) is 4.79 Å². The number of anilines is 1. The molecule has 1 fully saturated rings. The Morgan fingerprint density at radius 3 is 1.90 bits per heavy atom. The fraction of sp³-hybridized carbons (Fsp3) is 0.273. The van der Waals surface area contributed by atoms with Gasteiger partial charge in [0.05, 0.1) is 0 Å². The predicted octanol–water partition coefficient (Wildman–Crippen LogP) is 2.77. The topological polar surface area (TPSA) is 32.3 Å². The highest BCUT2D eigenvalue weighted by Gasteiger charge is 2.82. The molecule has 21 heavy (non-hydrogen) atoms. The van der Waals surface area contributed by atoms with Gasteiger partial charge in [0.1, 0.15) is 0 Å². The quantitative estimate of drug-likeness (QED) is 0.636. The van der Waals surface area contributed by atoms with Gasteiger partial charge in [0, 0.05) is 5.69 Å². The van der Waals surface area contributed by atoms with E-state index in [1.807, 2.05) is 0 Å². The van der Waals surface area contributed by atoms with Crippen LogP contribution in [0.4, 0.5) is 32.0 Å². The number of nitrogens with zero attached hydrogens (tertiary/aromatic N) is 1. The van der Waals surface area contributed by atoms with Crippen molar-refractivity contribution in [2.24, 2.45) is 0 Å². The van der Waals surface area contributed by atoms with Gasteiger partial charge in [-0.05, 0) is 24.4 Å². The van der Waals surface area contributed by atoms with Crippen LogP contribution < -0.4 is 10.2 Å². The van der Waals surface area contributed by atoms with Crippen molar-refractivity contribution in [3.05, 3.63) is 30.3 Å². The molecule has 0 spiro atoms. The van der Waals surface area contributed by atoms with E-state index >= 15 is 0 Å². The van der Waals surface area contributed by atoms with Gasteiger partial charge in [-0.15, -0.1) is 0 Å². The number of halogens is 6. The van der Waals surface area contributed by atoms with E-state index in [-0.39, 0.29) is 4.90 Å². The maximum atomic E-state index is 13.2. The van der Waals surface area contributed by atoms with Gasteiger partial charge in [0.15, 0.2) is 5.11 Å². The molecular formula is C11H6F6N2OS. The van der Waals surface area contributed by atoms with Crippen LogP contribution in [0.5, 0.6) is 0 Å². The number of carbonyl (C=O) groups excluding carboxylic acids is 1. The Kier molecular flexibility index (Phi) is 3.39. The largest absolute Gasteiger partial charge is 0.430 e. The highest BCUT2D eigenvalue weighted by molar-refractivity contribution is 7.80. The molecule has 0 aliphatic carbocycles. The second kappa shape index (κ2) is 4.58. The first kappa shape index (κ1) is 15.5. The molecule has 10 heteroatoms. The summed E-state index contributed by atoms with van der Waals surface area (Å²) in [7, 11) is 0. The molecule has 2 rings (SSSR count). The van der Waals surface area contributed by atoms with Gasteiger partial charge >= 0.3 is 17.9 Å². The number of rotatable bonds is 1. The lowest BCUT2D eigenvalue weighted by molar-refractivity contribution is -0.280. The number of nitrogens with one attached hydrogen (secondary N) is 1. The zero-order chi connectivity index (χ0) is 16.1. The van der Waals surface area contributed by atoms with Crippen LogP contribution in [0.3, 0.4) is 0 Å². The second-order valence-corrected chi connectivity index (χ2v) is 4.52. The third-order valence-corrected chi connectivity index (χ3v) is 3.21. The standard InChI is InChI=1S/C11H6F6N2OS/c12-10(13,14)9(11(15,16)17)7(20)18-8(21)19(9)6-4-2-1-3-5-6/h1-5H,(H,18,20,21). The van der Waals surface area contributed by atoms with Crippen molar-refractivity contribution in [1.29, 1.82) is 0 Å². The summed E-state index contributed by atoms with van der Waals surface area (Å²) in [6.45, 7) is 0. The maximum absolute atomic E-state index is 13.2. The lowest BCUT2D eigenvalue weighted by Crippen LogP contribution is -2.69. The van der Waals surface area contributed by atoms with Gasteiger partial charge in [-0.2, -0.15) is 26.3 Å². The molecule has 1 amide bonds. The Hall–Kier alpha value is -1.84. The summed E-state index contributed by atoms with van der Waals surface area (Å²) in [5, 5.41) is 0.490. The van der Waals surface area contributed by atoms with E-state index in [1.54, 1.807) is 0 Å². The summed E-state index contributed by atoms with van der Waals surface area (Å²) in [5.41, 5.74) is -5.23. The Labute approximate surface area is 119 Å². The van der Waals surface area contributed by atoms with Crippen molar-refractivity contribution in [3.8, 4) is 0 Å². The SMILES string of the molecule is O=C1NC(=S)N(c2ccccc2)C1(C(F)(F)F)C(F)(F)F. The average molecular weight is 328 g/mol. The Bertz CT molecular complexity index is 569. The van der Waals surface area contributed by atoms with Crippen molar-refractivity contribution < 1.29 is 31.1 Å². The third-order valence-electron chi connectivity index (χ3n) is 2.92. The van der Waals surface area contributed by atoms with Crippen molar-refractivity contribution in [2.75, 3.05) is 4.90 Å². The fourth-order valence-electron chi connectivity index (χ4n) is 2.06. The minimum Gasteiger partial charge on any atom is -0.300 e. The Morgan fingerprint density at radius 1 is 1.00 bits per heavy atom. The molecule has 114 valence electrons. The third kappa shape index (κ3) is 2.04. The molecule has 1 saturated heterocycles. The van der Waals surface area contributed by atoms with Crippen molar-refractivity contribution >= 4 is 28.9 Å². The molecule has 0 bridgehead atoms. The molecule has 0 saturated carbocycles. The van der Waals surface area contributed by atoms with Gasteiger partial charge in [0.25, 0.3) is 5.91 Å². The number of benzene rings is 1. The van der Waals surface area contributed by atoms with Crippen molar-refractivity contribution in [3.63, 3.8) is 0 Å². The molecule has 0 atom stereocenters. The van der Waals surface area contributed by atoms with Crippen molar-refractivity contribution in [1.82, 2.24) is 5.32 Å². The first-order chi connectivity index (χ1) is 9.53. The van der Waals surface area contributed by atoms with E-state index in [9.17, 15) is 31.1 Å². The molecule has 1 aliphatic heterocycles. The number of alkyl halides is 6. The van der Waals surface area contributed by atoms with E-state index < -0.39 is 34.6 Å². The summed E-state index contributed by atoms with van der Waals surface area (Å²) < 4.78 is 79.1. The van der Waals surface area contributed by atoms with Gasteiger partial charge in [0.2, 0.25) is 0 Å². The molecule has 0 aromatic heterocycles. The summed E-state index contributed by atoms with van der Waals surface area (Å²) in [6.07, 6.45) is -11.8. The molecule has 0 unspecified atom stereocenters. The molecule has 3 nitrogen and oxygen atoms in total. The maximum Gasteiger partial charge on any atom is 0.430 e. The fourth-order valence-corrected chi connectivity index (χ4v) is 2.39. The minimum absolute atomic E-state index is 0.245. The van der Waals surface area contributed by atoms with Crippen LogP contribution in [0.1, 0.15) is 0 Å². The average Bonchev–Trinajstić information content (AvgIpc) is 2.61. The number of carbonyl (C=O) groups is 1. The zero-order valence-corrected chi connectivity index (χ0v) is 10.7. The van der Waals surface area contributed by atoms with Crippen LogP contribution >= 0.6 is 12.2 Å². The number of hydrogen-bond acceptors (Lipinski definition) is 2. The first-order valence-electron chi connectivity index (χ1n) is 5.37. The van der Waals surface area contributed by atoms with Crippen LogP contribution in [-0.4, -0.2) is 28.9 Å². The van der Waals surface area contributed by atoms with E-state index in [0.717, 1.165) is 12.1 Å². The second-order valence-electron chi connectivity index (χ2n) is 4.14. The summed E-state index contributed by atoms with van der Waals surface area (Å²) in [6, 6.07) is 5.87. The summed E-state index contributed by atoms with van der Waals surface area (Å²) in [5.74, 6) is -2.27. The molecule has 0 radical (unpaired) electrons. The van der Waals surface area contributed by atoms with E-state index in [2.05, 4.69) is 12.2 Å². The van der Waals surface area contributed by atoms with Gasteiger partial charge in [-0.3, -0.25) is 9.69 Å². The van der Waals surface area contributed by atoms with E-state index in [4.69, 9.17) is 0 Å². The lowest BCUT2D eigenvalue weighted by atomic mass is 9.95. The monoisotopic (exact) mass is 328 g/mol. The number of para-hydroxylation sites is 1. The molecule has 1 aliphatic rings. The van der Waals surface area contributed by atoms with Crippen LogP contribution in [0.15, 0.2) is 30.3 Å². The minimum atomic E-state index is -5.91. The van der Waals surface area contributed by atoms with E-state index in [1.165, 1.54) is 23.5 Å². The van der Waals surface area contributed by atoms with Gasteiger partial charge < -0.3 is 5.32 Å². The molecular weight excluding hydrogens is 322 g/mol. The zero-order valence-electron chi connectivity index (χ0n) is 9.92. The highest BCUT2D eigenvalue weighted by Crippen LogP contribution is 2.51. The van der Waals surface area contributed by atoms with Crippen molar-refractivity contribution in [2.45, 2.75) is 17.9 Å². The van der Waals surface area contributed by atoms with Crippen LogP contribution in [0.2, 0.25) is 0 Å². The Balaban J connectivity index is 2.76. The predicted molar refractivity (Wildman–Crippen MR) is 64.5 cm³/mol. The number of amides is 1. The van der Waals surface area contributed by atoms with Crippen LogP contribution in [0.25, 0.3) is 0 Å². The number of thiocarbonyl (C=S) groups is 1. The molecule has 1 heterocycles. The normalized spacial score (nSPS) is 18.9. The highest BCUT2D eigenvalue weighted by atomic mass is 32.1. The van der Waals surface area contributed by atoms with E-state index in [0.29, 0.717) is 0 Å². The molecule has 1 aromatic rings. The van der Waals surface area contributed by atoms with Crippen LogP contribution in [0, 0.1) is 0 Å². The number of hydrogen-bond donors (Lipinski definition) is 1. The summed E-state index contributed by atoms with van der Waals surface area (Å²) in [4.78, 5) is 11.3. The first-order valence-corrected chi connectivity index (χ1v) is 5.78. The summed E-state index contributed by atoms with van der Waals surface area (Å²) >= 11 is 4.48.